The predicted molar refractivity (Wildman–Crippen MR) is 185 cm³/mol. The maximum Gasteiger partial charge on any atom is -0.00675 e. The highest BCUT2D eigenvalue weighted by Gasteiger charge is 1.98. The predicted octanol–water partition coefficient (Wildman–Crippen LogP) is 14.7. The van der Waals surface area contributed by atoms with Gasteiger partial charge in [0.1, 0.15) is 0 Å². The van der Waals surface area contributed by atoms with E-state index in [-0.39, 0.29) is 0 Å². The van der Waals surface area contributed by atoms with Gasteiger partial charge in [0, 0.05) is 0 Å². The molecular formula is C38H77S. The molecule has 0 aromatic carbocycles. The van der Waals surface area contributed by atoms with Crippen LogP contribution in [-0.4, -0.2) is 11.5 Å². The lowest BCUT2D eigenvalue weighted by atomic mass is 10.0. The largest absolute Gasteiger partial charge is 0.162 e. The molecule has 0 aromatic heterocycles. The molecule has 0 spiro atoms. The summed E-state index contributed by atoms with van der Waals surface area (Å²) in [4.78, 5) is 0. The average molecular weight is 566 g/mol. The number of thioether (sulfide) groups is 1. The Labute approximate surface area is 254 Å². The molecule has 0 atom stereocenters. The van der Waals surface area contributed by atoms with Gasteiger partial charge in [0.25, 0.3) is 0 Å². The van der Waals surface area contributed by atoms with E-state index < -0.39 is 0 Å². The normalized spacial score (nSPS) is 11.7. The van der Waals surface area contributed by atoms with E-state index in [1.54, 1.807) is 0 Å². The molecule has 39 heavy (non-hydrogen) atoms. The Bertz CT molecular complexity index is 404. The van der Waals surface area contributed by atoms with Crippen molar-refractivity contribution in [1.82, 2.24) is 0 Å². The van der Waals surface area contributed by atoms with Crippen LogP contribution in [0.5, 0.6) is 0 Å². The molecular weight excluding hydrogens is 488 g/mol. The maximum atomic E-state index is 3.93. The van der Waals surface area contributed by atoms with Crippen molar-refractivity contribution in [2.45, 2.75) is 219 Å². The van der Waals surface area contributed by atoms with Gasteiger partial charge in [0.15, 0.2) is 0 Å². The number of unbranched alkanes of at least 4 members (excludes halogenated alkanes) is 29. The van der Waals surface area contributed by atoms with E-state index in [1.165, 1.54) is 211 Å². The monoisotopic (exact) mass is 566 g/mol. The van der Waals surface area contributed by atoms with Crippen LogP contribution in [0, 0.1) is 12.8 Å². The van der Waals surface area contributed by atoms with E-state index in [0.29, 0.717) is 0 Å². The molecule has 1 radical (unpaired) electrons. The molecule has 0 aromatic rings. The summed E-state index contributed by atoms with van der Waals surface area (Å²) in [5.74, 6) is 3.72. The van der Waals surface area contributed by atoms with Crippen LogP contribution in [0.4, 0.5) is 0 Å². The Morgan fingerprint density at radius 3 is 0.821 bits per heavy atom. The topological polar surface area (TPSA) is 0 Å². The van der Waals surface area contributed by atoms with Crippen molar-refractivity contribution in [3.05, 3.63) is 6.92 Å². The standard InChI is InChI=1S/C38H77S/c1-4-5-6-7-8-9-10-11-12-13-14-15-18-21-24-27-30-33-36-39-37-34-31-28-25-22-19-16-17-20-23-26-29-32-35-38(2)3/h38H,1,4-37H2,2-3H3. The third kappa shape index (κ3) is 38.4. The molecule has 0 aliphatic heterocycles. The third-order valence-electron chi connectivity index (χ3n) is 8.61. The molecule has 0 unspecified atom stereocenters. The summed E-state index contributed by atoms with van der Waals surface area (Å²) in [7, 11) is 0. The van der Waals surface area contributed by atoms with E-state index in [1.807, 2.05) is 0 Å². The Morgan fingerprint density at radius 2 is 0.564 bits per heavy atom. The van der Waals surface area contributed by atoms with Crippen molar-refractivity contribution in [3.63, 3.8) is 0 Å². The minimum atomic E-state index is 0.895. The smallest absolute Gasteiger partial charge is 0.00675 e. The Morgan fingerprint density at radius 1 is 0.333 bits per heavy atom. The van der Waals surface area contributed by atoms with Gasteiger partial charge in [-0.15, -0.1) is 0 Å². The molecule has 0 bridgehead atoms. The van der Waals surface area contributed by atoms with E-state index in [2.05, 4.69) is 32.5 Å². The van der Waals surface area contributed by atoms with Crippen LogP contribution >= 0.6 is 11.8 Å². The van der Waals surface area contributed by atoms with E-state index in [4.69, 9.17) is 0 Å². The summed E-state index contributed by atoms with van der Waals surface area (Å²) in [6, 6.07) is 0. The molecule has 0 saturated carbocycles. The van der Waals surface area contributed by atoms with Crippen molar-refractivity contribution in [3.8, 4) is 0 Å². The van der Waals surface area contributed by atoms with Gasteiger partial charge in [-0.3, -0.25) is 0 Å². The molecule has 0 heterocycles. The van der Waals surface area contributed by atoms with Gasteiger partial charge < -0.3 is 0 Å². The zero-order chi connectivity index (χ0) is 28.3. The molecule has 235 valence electrons. The second-order valence-electron chi connectivity index (χ2n) is 13.3. The summed E-state index contributed by atoms with van der Waals surface area (Å²) >= 11 is 2.22. The SMILES string of the molecule is [CH2]CCCCCCCCCCCCCCCCCCCSCCCCCCCCCCCCCCCC(C)C. The van der Waals surface area contributed by atoms with E-state index in [0.717, 1.165) is 12.3 Å². The van der Waals surface area contributed by atoms with Crippen molar-refractivity contribution < 1.29 is 0 Å². The van der Waals surface area contributed by atoms with Gasteiger partial charge in [-0.2, -0.15) is 11.8 Å². The van der Waals surface area contributed by atoms with Crippen LogP contribution in [0.2, 0.25) is 0 Å². The number of hydrogen-bond donors (Lipinski definition) is 0. The average Bonchev–Trinajstić information content (AvgIpc) is 2.93. The zero-order valence-electron chi connectivity index (χ0n) is 27.7. The highest BCUT2D eigenvalue weighted by molar-refractivity contribution is 7.99. The molecule has 1 heteroatoms. The van der Waals surface area contributed by atoms with Crippen LogP contribution < -0.4 is 0 Å². The van der Waals surface area contributed by atoms with Gasteiger partial charge in [0.2, 0.25) is 0 Å². The fourth-order valence-corrected chi connectivity index (χ4v) is 6.86. The van der Waals surface area contributed by atoms with Gasteiger partial charge >= 0.3 is 0 Å². The quantitative estimate of drug-likeness (QED) is 0.0688. The van der Waals surface area contributed by atoms with Gasteiger partial charge in [-0.1, -0.05) is 213 Å². The summed E-state index contributed by atoms with van der Waals surface area (Å²) < 4.78 is 0. The van der Waals surface area contributed by atoms with Crippen molar-refractivity contribution in [2.24, 2.45) is 5.92 Å². The molecule has 0 N–H and O–H groups in total. The van der Waals surface area contributed by atoms with E-state index >= 15 is 0 Å². The van der Waals surface area contributed by atoms with Gasteiger partial charge in [-0.25, -0.2) is 0 Å². The second kappa shape index (κ2) is 36.4. The maximum absolute atomic E-state index is 3.93. The number of rotatable bonds is 35. The summed E-state index contributed by atoms with van der Waals surface area (Å²) in [5, 5.41) is 0. The van der Waals surface area contributed by atoms with Crippen LogP contribution in [0.1, 0.15) is 219 Å². The molecule has 0 aliphatic carbocycles. The first-order chi connectivity index (χ1) is 19.3. The van der Waals surface area contributed by atoms with E-state index in [9.17, 15) is 0 Å². The fourth-order valence-electron chi connectivity index (χ4n) is 5.84. The van der Waals surface area contributed by atoms with Crippen LogP contribution in [0.25, 0.3) is 0 Å². The van der Waals surface area contributed by atoms with Gasteiger partial charge in [-0.05, 0) is 30.3 Å². The first kappa shape index (κ1) is 39.4. The van der Waals surface area contributed by atoms with Crippen molar-refractivity contribution in [1.29, 1.82) is 0 Å². The highest BCUT2D eigenvalue weighted by atomic mass is 32.2. The van der Waals surface area contributed by atoms with Gasteiger partial charge in [0.05, 0.1) is 0 Å². The molecule has 0 amide bonds. The minimum absolute atomic E-state index is 0.895. The fraction of sp³-hybridized carbons (Fsp3) is 0.974. The first-order valence-corrected chi connectivity index (χ1v) is 19.8. The lowest BCUT2D eigenvalue weighted by Crippen LogP contribution is -1.88. The summed E-state index contributed by atoms with van der Waals surface area (Å²) in [6.07, 6.45) is 46.6. The highest BCUT2D eigenvalue weighted by Crippen LogP contribution is 2.17. The number of hydrogen-bond acceptors (Lipinski definition) is 1. The Hall–Kier alpha value is 0.350. The lowest BCUT2D eigenvalue weighted by molar-refractivity contribution is 0.503. The third-order valence-corrected chi connectivity index (χ3v) is 9.76. The van der Waals surface area contributed by atoms with Crippen molar-refractivity contribution in [2.75, 3.05) is 11.5 Å². The lowest BCUT2D eigenvalue weighted by Gasteiger charge is -2.05. The Balaban J connectivity index is 3.02. The van der Waals surface area contributed by atoms with Crippen LogP contribution in [0.3, 0.4) is 0 Å². The zero-order valence-corrected chi connectivity index (χ0v) is 28.6. The summed E-state index contributed by atoms with van der Waals surface area (Å²) in [5.41, 5.74) is 0. The molecule has 0 aliphatic rings. The van der Waals surface area contributed by atoms with Crippen LogP contribution in [0.15, 0.2) is 0 Å². The molecule has 0 fully saturated rings. The Kier molecular flexibility index (Phi) is 36.7. The van der Waals surface area contributed by atoms with Crippen LogP contribution in [-0.2, 0) is 0 Å². The summed E-state index contributed by atoms with van der Waals surface area (Å²) in [6.45, 7) is 8.63. The minimum Gasteiger partial charge on any atom is -0.162 e. The first-order valence-electron chi connectivity index (χ1n) is 18.6. The molecule has 0 rings (SSSR count). The molecule has 0 nitrogen and oxygen atoms in total. The second-order valence-corrected chi connectivity index (χ2v) is 14.5. The van der Waals surface area contributed by atoms with Crippen molar-refractivity contribution >= 4 is 11.8 Å². The molecule has 0 saturated heterocycles.